The highest BCUT2D eigenvalue weighted by molar-refractivity contribution is 5.92. The summed E-state index contributed by atoms with van der Waals surface area (Å²) in [7, 11) is 0. The Labute approximate surface area is 153 Å². The van der Waals surface area contributed by atoms with Crippen LogP contribution in [0.25, 0.3) is 0 Å². The summed E-state index contributed by atoms with van der Waals surface area (Å²) in [4.78, 5) is 24.1. The third kappa shape index (κ3) is 6.27. The maximum Gasteiger partial charge on any atom is 0.338 e. The van der Waals surface area contributed by atoms with Crippen molar-refractivity contribution in [1.29, 1.82) is 0 Å². The SMILES string of the molecule is CC(C)CCOc1ccc(C(=O)OC(C)C(=O)NCc2ccco2)cc1. The van der Waals surface area contributed by atoms with Gasteiger partial charge in [-0.3, -0.25) is 4.79 Å². The van der Waals surface area contributed by atoms with Crippen LogP contribution < -0.4 is 10.1 Å². The Hall–Kier alpha value is -2.76. The summed E-state index contributed by atoms with van der Waals surface area (Å²) in [6, 6.07) is 10.2. The van der Waals surface area contributed by atoms with Crippen LogP contribution in [0.5, 0.6) is 5.75 Å². The monoisotopic (exact) mass is 359 g/mol. The normalized spacial score (nSPS) is 11.8. The average Bonchev–Trinajstić information content (AvgIpc) is 3.13. The minimum Gasteiger partial charge on any atom is -0.494 e. The summed E-state index contributed by atoms with van der Waals surface area (Å²) in [6.45, 7) is 6.67. The number of esters is 1. The highest BCUT2D eigenvalue weighted by Crippen LogP contribution is 2.14. The molecule has 1 aromatic heterocycles. The molecule has 0 aliphatic rings. The van der Waals surface area contributed by atoms with Crippen molar-refractivity contribution in [3.63, 3.8) is 0 Å². The Bertz CT molecular complexity index is 692. The van der Waals surface area contributed by atoms with Crippen molar-refractivity contribution in [2.24, 2.45) is 5.92 Å². The van der Waals surface area contributed by atoms with E-state index in [0.29, 0.717) is 29.6 Å². The van der Waals surface area contributed by atoms with Gasteiger partial charge < -0.3 is 19.2 Å². The van der Waals surface area contributed by atoms with E-state index in [1.807, 2.05) is 0 Å². The molecule has 140 valence electrons. The van der Waals surface area contributed by atoms with Crippen molar-refractivity contribution in [1.82, 2.24) is 5.32 Å². The van der Waals surface area contributed by atoms with Crippen LogP contribution in [0, 0.1) is 5.92 Å². The Morgan fingerprint density at radius 1 is 1.12 bits per heavy atom. The molecule has 0 bridgehead atoms. The van der Waals surface area contributed by atoms with Crippen LogP contribution in [-0.4, -0.2) is 24.6 Å². The van der Waals surface area contributed by atoms with Gasteiger partial charge in [-0.15, -0.1) is 0 Å². The molecule has 26 heavy (non-hydrogen) atoms. The maximum atomic E-state index is 12.1. The number of nitrogens with one attached hydrogen (secondary N) is 1. The number of hydrogen-bond donors (Lipinski definition) is 1. The number of furan rings is 1. The van der Waals surface area contributed by atoms with E-state index >= 15 is 0 Å². The van der Waals surface area contributed by atoms with Gasteiger partial charge in [0.05, 0.1) is 25.0 Å². The molecule has 2 rings (SSSR count). The van der Waals surface area contributed by atoms with Crippen LogP contribution in [0.1, 0.15) is 43.3 Å². The van der Waals surface area contributed by atoms with Crippen molar-refractivity contribution >= 4 is 11.9 Å². The van der Waals surface area contributed by atoms with E-state index in [2.05, 4.69) is 19.2 Å². The minimum atomic E-state index is -0.903. The summed E-state index contributed by atoms with van der Waals surface area (Å²) < 4.78 is 15.9. The van der Waals surface area contributed by atoms with E-state index in [1.54, 1.807) is 36.4 Å². The fourth-order valence-corrected chi connectivity index (χ4v) is 2.11. The zero-order chi connectivity index (χ0) is 18.9. The first kappa shape index (κ1) is 19.6. The quantitative estimate of drug-likeness (QED) is 0.693. The molecule has 1 amide bonds. The first-order valence-electron chi connectivity index (χ1n) is 8.69. The second-order valence-electron chi connectivity index (χ2n) is 6.40. The van der Waals surface area contributed by atoms with Crippen LogP contribution in [-0.2, 0) is 16.1 Å². The van der Waals surface area contributed by atoms with Crippen molar-refractivity contribution in [2.75, 3.05) is 6.61 Å². The minimum absolute atomic E-state index is 0.246. The number of hydrogen-bond acceptors (Lipinski definition) is 5. The van der Waals surface area contributed by atoms with Gasteiger partial charge in [0.1, 0.15) is 11.5 Å². The lowest BCUT2D eigenvalue weighted by molar-refractivity contribution is -0.129. The molecule has 0 fully saturated rings. The van der Waals surface area contributed by atoms with Crippen LogP contribution in [0.3, 0.4) is 0 Å². The number of carbonyl (C=O) groups excluding carboxylic acids is 2. The highest BCUT2D eigenvalue weighted by atomic mass is 16.5. The number of rotatable bonds is 9. The summed E-state index contributed by atoms with van der Waals surface area (Å²) in [5.74, 6) is 0.962. The van der Waals surface area contributed by atoms with Crippen molar-refractivity contribution in [3.05, 3.63) is 54.0 Å². The first-order valence-corrected chi connectivity index (χ1v) is 8.69. The number of ether oxygens (including phenoxy) is 2. The molecule has 1 atom stereocenters. The molecule has 0 aliphatic heterocycles. The number of amides is 1. The standard InChI is InChI=1S/C20H25NO5/c1-14(2)10-12-25-17-8-6-16(7-9-17)20(23)26-15(3)19(22)21-13-18-5-4-11-24-18/h4-9,11,14-15H,10,12-13H2,1-3H3,(H,21,22). The second kappa shape index (κ2) is 9.65. The fraction of sp³-hybridized carbons (Fsp3) is 0.400. The van der Waals surface area contributed by atoms with Crippen LogP contribution >= 0.6 is 0 Å². The molecule has 1 N–H and O–H groups in total. The Morgan fingerprint density at radius 2 is 1.85 bits per heavy atom. The fourth-order valence-electron chi connectivity index (χ4n) is 2.11. The van der Waals surface area contributed by atoms with Gasteiger partial charge in [0.15, 0.2) is 6.10 Å². The van der Waals surface area contributed by atoms with Gasteiger partial charge in [0, 0.05) is 0 Å². The van der Waals surface area contributed by atoms with Gasteiger partial charge in [-0.2, -0.15) is 0 Å². The van der Waals surface area contributed by atoms with Crippen molar-refractivity contribution < 1.29 is 23.5 Å². The lowest BCUT2D eigenvalue weighted by atomic mass is 10.1. The zero-order valence-electron chi connectivity index (χ0n) is 15.4. The Balaban J connectivity index is 1.79. The van der Waals surface area contributed by atoms with E-state index in [-0.39, 0.29) is 12.5 Å². The van der Waals surface area contributed by atoms with Crippen molar-refractivity contribution in [3.8, 4) is 5.75 Å². The molecular weight excluding hydrogens is 334 g/mol. The molecule has 6 heteroatoms. The molecular formula is C20H25NO5. The first-order chi connectivity index (χ1) is 12.5. The maximum absolute atomic E-state index is 12.1. The van der Waals surface area contributed by atoms with Crippen LogP contribution in [0.15, 0.2) is 47.1 Å². The predicted molar refractivity (Wildman–Crippen MR) is 96.8 cm³/mol. The van der Waals surface area contributed by atoms with Gasteiger partial charge in [-0.1, -0.05) is 13.8 Å². The molecule has 0 aliphatic carbocycles. The van der Waals surface area contributed by atoms with Gasteiger partial charge in [0.25, 0.3) is 5.91 Å². The second-order valence-corrected chi connectivity index (χ2v) is 6.40. The lowest BCUT2D eigenvalue weighted by Crippen LogP contribution is -2.35. The zero-order valence-corrected chi connectivity index (χ0v) is 15.4. The molecule has 6 nitrogen and oxygen atoms in total. The van der Waals surface area contributed by atoms with Gasteiger partial charge in [-0.05, 0) is 55.7 Å². The summed E-state index contributed by atoms with van der Waals surface area (Å²) in [5, 5.41) is 2.65. The lowest BCUT2D eigenvalue weighted by Gasteiger charge is -2.13. The molecule has 1 aromatic carbocycles. The highest BCUT2D eigenvalue weighted by Gasteiger charge is 2.19. The van der Waals surface area contributed by atoms with Gasteiger partial charge in [0.2, 0.25) is 0 Å². The van der Waals surface area contributed by atoms with Gasteiger partial charge in [-0.25, -0.2) is 4.79 Å². The van der Waals surface area contributed by atoms with Crippen LogP contribution in [0.2, 0.25) is 0 Å². The Morgan fingerprint density at radius 3 is 2.46 bits per heavy atom. The summed E-state index contributed by atoms with van der Waals surface area (Å²) >= 11 is 0. The van der Waals surface area contributed by atoms with Crippen molar-refractivity contribution in [2.45, 2.75) is 39.8 Å². The third-order valence-corrected chi connectivity index (χ3v) is 3.72. The third-order valence-electron chi connectivity index (χ3n) is 3.72. The topological polar surface area (TPSA) is 77.8 Å². The van der Waals surface area contributed by atoms with Crippen LogP contribution in [0.4, 0.5) is 0 Å². The molecule has 1 unspecified atom stereocenters. The molecule has 0 saturated carbocycles. The van der Waals surface area contributed by atoms with E-state index in [0.717, 1.165) is 6.42 Å². The summed E-state index contributed by atoms with van der Waals surface area (Å²) in [5.41, 5.74) is 0.367. The van der Waals surface area contributed by atoms with E-state index in [4.69, 9.17) is 13.9 Å². The smallest absolute Gasteiger partial charge is 0.338 e. The molecule has 1 heterocycles. The molecule has 0 saturated heterocycles. The number of benzene rings is 1. The average molecular weight is 359 g/mol. The molecule has 0 spiro atoms. The van der Waals surface area contributed by atoms with E-state index in [9.17, 15) is 9.59 Å². The Kier molecular flexibility index (Phi) is 7.26. The number of carbonyl (C=O) groups is 2. The van der Waals surface area contributed by atoms with Gasteiger partial charge >= 0.3 is 5.97 Å². The molecule has 0 radical (unpaired) electrons. The largest absolute Gasteiger partial charge is 0.494 e. The predicted octanol–water partition coefficient (Wildman–Crippen LogP) is 3.57. The van der Waals surface area contributed by atoms with E-state index in [1.165, 1.54) is 13.2 Å². The van der Waals surface area contributed by atoms with E-state index < -0.39 is 12.1 Å². The summed E-state index contributed by atoms with van der Waals surface area (Å²) in [6.07, 6.45) is 1.59. The molecule has 2 aromatic rings.